The molecule has 0 spiro atoms. The van der Waals surface area contributed by atoms with Gasteiger partial charge in [-0.15, -0.1) is 0 Å². The summed E-state index contributed by atoms with van der Waals surface area (Å²) in [5.74, 6) is 0. The van der Waals surface area contributed by atoms with Crippen molar-refractivity contribution in [2.45, 2.75) is 6.23 Å². The molecule has 1 atom stereocenters. The van der Waals surface area contributed by atoms with Crippen LogP contribution in [0.25, 0.3) is 0 Å². The van der Waals surface area contributed by atoms with Crippen LogP contribution in [0.1, 0.15) is 0 Å². The first-order valence-electron chi connectivity index (χ1n) is 2.12. The van der Waals surface area contributed by atoms with Crippen LogP contribution in [0.3, 0.4) is 0 Å². The minimum Gasteiger partial charge on any atom is -0.832 e. The van der Waals surface area contributed by atoms with Gasteiger partial charge < -0.3 is 10.5 Å². The van der Waals surface area contributed by atoms with Crippen LogP contribution in [-0.2, 0) is 0 Å². The normalized spacial score (nSPS) is 26.8. The molecule has 3 nitrogen and oxygen atoms in total. The van der Waals surface area contributed by atoms with E-state index in [-0.39, 0.29) is 0 Å². The van der Waals surface area contributed by atoms with Crippen molar-refractivity contribution in [3.63, 3.8) is 0 Å². The number of hydrogen-bond acceptors (Lipinski definition) is 3. The van der Waals surface area contributed by atoms with Crippen molar-refractivity contribution < 1.29 is 5.11 Å². The Hall–Kier alpha value is -0.540. The van der Waals surface area contributed by atoms with Crippen LogP contribution in [0.2, 0.25) is 0 Å². The topological polar surface area (TPSA) is 47.5 Å². The summed E-state index contributed by atoms with van der Waals surface area (Å²) in [5.41, 5.74) is 2.25. The third-order valence-electron chi connectivity index (χ3n) is 0.707. The van der Waals surface area contributed by atoms with Crippen molar-refractivity contribution in [1.29, 1.82) is 0 Å². The van der Waals surface area contributed by atoms with Crippen LogP contribution in [0.4, 0.5) is 0 Å². The van der Waals surface area contributed by atoms with E-state index in [9.17, 15) is 5.11 Å². The molecule has 0 radical (unpaired) electrons. The molecule has 0 aromatic rings. The summed E-state index contributed by atoms with van der Waals surface area (Å²) in [7, 11) is 0. The van der Waals surface area contributed by atoms with Gasteiger partial charge in [-0.05, 0) is 12.3 Å². The Kier molecular flexibility index (Phi) is 1.50. The van der Waals surface area contributed by atoms with Crippen molar-refractivity contribution in [3.05, 3.63) is 12.2 Å². The maximum absolute atomic E-state index is 10.3. The molecule has 44 valence electrons. The second kappa shape index (κ2) is 2.15. The lowest BCUT2D eigenvalue weighted by molar-refractivity contribution is -0.412. The van der Waals surface area contributed by atoms with Crippen LogP contribution in [0, 0.1) is 0 Å². The number of hydrogen-bond donors (Lipinski definition) is 1. The van der Waals surface area contributed by atoms with Gasteiger partial charge in [0.1, 0.15) is 5.17 Å². The molecule has 1 rings (SSSR count). The first-order chi connectivity index (χ1) is 3.79. The van der Waals surface area contributed by atoms with Crippen molar-refractivity contribution in [2.75, 3.05) is 0 Å². The van der Waals surface area contributed by atoms with Gasteiger partial charge in [0.15, 0.2) is 0 Å². The monoisotopic (exact) mass is 131 g/mol. The molecule has 0 saturated heterocycles. The highest BCUT2D eigenvalue weighted by Gasteiger charge is 1.93. The van der Waals surface area contributed by atoms with Gasteiger partial charge in [0, 0.05) is 0 Å². The average Bonchev–Trinajstić information content (AvgIpc) is 1.77. The Labute approximate surface area is 51.7 Å². The summed E-state index contributed by atoms with van der Waals surface area (Å²) >= 11 is 5.34. The Morgan fingerprint density at radius 3 is 3.00 bits per heavy atom. The first kappa shape index (κ1) is 5.59. The summed E-state index contributed by atoms with van der Waals surface area (Å²) in [6.45, 7) is 0. The predicted molar refractivity (Wildman–Crippen MR) is 29.4 cm³/mol. The Bertz CT molecular complexity index is 143. The zero-order chi connectivity index (χ0) is 5.98. The van der Waals surface area contributed by atoms with Crippen LogP contribution >= 0.6 is 11.6 Å². The van der Waals surface area contributed by atoms with E-state index >= 15 is 0 Å². The molecule has 1 heterocycles. The summed E-state index contributed by atoms with van der Waals surface area (Å²) < 4.78 is 0. The fraction of sp³-hybridized carbons (Fsp3) is 0.250. The quantitative estimate of drug-likeness (QED) is 0.477. The third-order valence-corrected chi connectivity index (χ3v) is 0.918. The molecule has 0 aliphatic carbocycles. The molecule has 8 heavy (non-hydrogen) atoms. The highest BCUT2D eigenvalue weighted by Crippen LogP contribution is 1.92. The van der Waals surface area contributed by atoms with E-state index in [1.54, 1.807) is 0 Å². The molecule has 0 aromatic carbocycles. The molecule has 0 bridgehead atoms. The molecular weight excluding hydrogens is 128 g/mol. The van der Waals surface area contributed by atoms with E-state index in [1.807, 2.05) is 0 Å². The zero-order valence-electron chi connectivity index (χ0n) is 3.97. The van der Waals surface area contributed by atoms with Gasteiger partial charge in [-0.25, -0.2) is 0 Å². The molecule has 0 amide bonds. The molecule has 0 aromatic heterocycles. The number of rotatable bonds is 0. The minimum absolute atomic E-state index is 0.317. The van der Waals surface area contributed by atoms with E-state index in [1.165, 1.54) is 12.2 Å². The standard InChI is InChI=1S/C4H4ClN2O/c5-3-1-2-4(8)7-6-3/h1-2,4,7H/q-1. The number of allylic oxidation sites excluding steroid dienone is 1. The van der Waals surface area contributed by atoms with E-state index in [4.69, 9.17) is 11.6 Å². The van der Waals surface area contributed by atoms with E-state index < -0.39 is 6.23 Å². The highest BCUT2D eigenvalue weighted by atomic mass is 35.5. The summed E-state index contributed by atoms with van der Waals surface area (Å²) in [6, 6.07) is 0. The second-order valence-corrected chi connectivity index (χ2v) is 1.73. The number of halogens is 1. The van der Waals surface area contributed by atoms with Crippen LogP contribution in [0.5, 0.6) is 0 Å². The first-order valence-corrected chi connectivity index (χ1v) is 2.49. The lowest BCUT2D eigenvalue weighted by Gasteiger charge is -2.19. The van der Waals surface area contributed by atoms with Gasteiger partial charge in [0.2, 0.25) is 0 Å². The molecule has 1 unspecified atom stereocenters. The highest BCUT2D eigenvalue weighted by molar-refractivity contribution is 6.68. The summed E-state index contributed by atoms with van der Waals surface area (Å²) in [4.78, 5) is 0. The maximum Gasteiger partial charge on any atom is 0.148 e. The Morgan fingerprint density at radius 1 is 1.88 bits per heavy atom. The molecule has 0 saturated carbocycles. The van der Waals surface area contributed by atoms with Gasteiger partial charge in [-0.1, -0.05) is 17.7 Å². The van der Waals surface area contributed by atoms with E-state index in [2.05, 4.69) is 10.5 Å². The largest absolute Gasteiger partial charge is 0.832 e. The van der Waals surface area contributed by atoms with Crippen molar-refractivity contribution in [2.24, 2.45) is 5.10 Å². The number of nitrogens with zero attached hydrogens (tertiary/aromatic N) is 1. The molecule has 1 aliphatic heterocycles. The number of nitrogens with one attached hydrogen (secondary N) is 1. The minimum atomic E-state index is -0.933. The van der Waals surface area contributed by atoms with E-state index in [0.29, 0.717) is 5.17 Å². The Balaban J connectivity index is 2.58. The van der Waals surface area contributed by atoms with Crippen LogP contribution in [0.15, 0.2) is 17.3 Å². The lowest BCUT2D eigenvalue weighted by Crippen LogP contribution is -2.37. The van der Waals surface area contributed by atoms with Crippen molar-refractivity contribution in [3.8, 4) is 0 Å². The molecular formula is C4H4ClN2O-. The van der Waals surface area contributed by atoms with Crippen LogP contribution < -0.4 is 10.5 Å². The number of hydrazone groups is 1. The third kappa shape index (κ3) is 1.21. The molecule has 4 heteroatoms. The molecule has 1 N–H and O–H groups in total. The summed E-state index contributed by atoms with van der Waals surface area (Å²) in [5, 5.41) is 14.1. The van der Waals surface area contributed by atoms with Gasteiger partial charge in [0.05, 0.1) is 0 Å². The SMILES string of the molecule is [O-]C1C=CC(Cl)=NN1. The smallest absolute Gasteiger partial charge is 0.148 e. The van der Waals surface area contributed by atoms with Gasteiger partial charge in [0.25, 0.3) is 0 Å². The molecule has 0 fully saturated rings. The fourth-order valence-corrected chi connectivity index (χ4v) is 0.494. The molecule has 1 aliphatic rings. The predicted octanol–water partition coefficient (Wildman–Crippen LogP) is -0.616. The van der Waals surface area contributed by atoms with Gasteiger partial charge >= 0.3 is 0 Å². The van der Waals surface area contributed by atoms with Crippen molar-refractivity contribution in [1.82, 2.24) is 5.43 Å². The summed E-state index contributed by atoms with van der Waals surface area (Å²) in [6.07, 6.45) is 1.93. The zero-order valence-corrected chi connectivity index (χ0v) is 4.72. The maximum atomic E-state index is 10.3. The lowest BCUT2D eigenvalue weighted by atomic mass is 10.4. The fourth-order valence-electron chi connectivity index (χ4n) is 0.372. The van der Waals surface area contributed by atoms with Gasteiger partial charge in [-0.3, -0.25) is 0 Å². The second-order valence-electron chi connectivity index (χ2n) is 1.34. The van der Waals surface area contributed by atoms with E-state index in [0.717, 1.165) is 0 Å². The van der Waals surface area contributed by atoms with Crippen LogP contribution in [-0.4, -0.2) is 11.4 Å². The Morgan fingerprint density at radius 2 is 2.62 bits per heavy atom. The van der Waals surface area contributed by atoms with Crippen molar-refractivity contribution >= 4 is 16.8 Å². The van der Waals surface area contributed by atoms with Gasteiger partial charge in [-0.2, -0.15) is 5.10 Å². The average molecular weight is 132 g/mol.